The zero-order valence-electron chi connectivity index (χ0n) is 11.8. The molecule has 0 aliphatic rings. The molecule has 2 rings (SSSR count). The summed E-state index contributed by atoms with van der Waals surface area (Å²) in [5.74, 6) is 0.975. The van der Waals surface area contributed by atoms with Gasteiger partial charge >= 0.3 is 0 Å². The van der Waals surface area contributed by atoms with Gasteiger partial charge in [-0.25, -0.2) is 0 Å². The molecule has 0 amide bonds. The van der Waals surface area contributed by atoms with Gasteiger partial charge in [0, 0.05) is 12.1 Å². The van der Waals surface area contributed by atoms with Crippen LogP contribution < -0.4 is 15.2 Å². The Morgan fingerprint density at radius 2 is 1.95 bits per heavy atom. The molecule has 2 aromatic rings. The lowest BCUT2D eigenvalue weighted by Gasteiger charge is -2.14. The SMILES string of the molecule is COc1cccc(C(N)=S)c1OCc1ccc([N+](=O)[O-])cc1. The first-order valence-corrected chi connectivity index (χ1v) is 6.76. The van der Waals surface area contributed by atoms with E-state index in [1.54, 1.807) is 30.3 Å². The number of non-ortho nitro benzene ring substituents is 1. The van der Waals surface area contributed by atoms with Crippen LogP contribution in [0.25, 0.3) is 0 Å². The first kappa shape index (κ1) is 15.7. The van der Waals surface area contributed by atoms with Crippen LogP contribution in [0.4, 0.5) is 5.69 Å². The maximum Gasteiger partial charge on any atom is 0.269 e. The van der Waals surface area contributed by atoms with Crippen LogP contribution in [0, 0.1) is 10.1 Å². The number of hydrogen-bond donors (Lipinski definition) is 1. The minimum Gasteiger partial charge on any atom is -0.493 e. The third-order valence-corrected chi connectivity index (χ3v) is 3.21. The maximum absolute atomic E-state index is 10.6. The van der Waals surface area contributed by atoms with E-state index >= 15 is 0 Å². The summed E-state index contributed by atoms with van der Waals surface area (Å²) in [6.45, 7) is 0.216. The fourth-order valence-electron chi connectivity index (χ4n) is 1.89. The van der Waals surface area contributed by atoms with Gasteiger partial charge in [0.15, 0.2) is 11.5 Å². The molecule has 0 fully saturated rings. The quantitative estimate of drug-likeness (QED) is 0.500. The molecule has 0 radical (unpaired) electrons. The lowest BCUT2D eigenvalue weighted by Crippen LogP contribution is -2.12. The van der Waals surface area contributed by atoms with Crippen LogP contribution >= 0.6 is 12.2 Å². The predicted octanol–water partition coefficient (Wildman–Crippen LogP) is 2.82. The topological polar surface area (TPSA) is 87.6 Å². The smallest absolute Gasteiger partial charge is 0.269 e. The van der Waals surface area contributed by atoms with Gasteiger partial charge in [0.25, 0.3) is 5.69 Å². The molecule has 0 spiro atoms. The highest BCUT2D eigenvalue weighted by molar-refractivity contribution is 7.80. The van der Waals surface area contributed by atoms with E-state index in [9.17, 15) is 10.1 Å². The summed E-state index contributed by atoms with van der Waals surface area (Å²) < 4.78 is 11.0. The van der Waals surface area contributed by atoms with E-state index < -0.39 is 4.92 Å². The van der Waals surface area contributed by atoms with E-state index in [-0.39, 0.29) is 17.3 Å². The molecule has 0 atom stereocenters. The Morgan fingerprint density at radius 1 is 1.27 bits per heavy atom. The number of thiocarbonyl (C=S) groups is 1. The Kier molecular flexibility index (Phi) is 4.90. The fourth-order valence-corrected chi connectivity index (χ4v) is 2.05. The van der Waals surface area contributed by atoms with E-state index in [1.165, 1.54) is 19.2 Å². The van der Waals surface area contributed by atoms with Crippen molar-refractivity contribution >= 4 is 22.9 Å². The largest absolute Gasteiger partial charge is 0.493 e. The molecular formula is C15H14N2O4S. The molecule has 0 aromatic heterocycles. The minimum atomic E-state index is -0.449. The number of nitrogens with zero attached hydrogens (tertiary/aromatic N) is 1. The monoisotopic (exact) mass is 318 g/mol. The fraction of sp³-hybridized carbons (Fsp3) is 0.133. The molecule has 0 heterocycles. The van der Waals surface area contributed by atoms with Crippen molar-refractivity contribution in [3.8, 4) is 11.5 Å². The van der Waals surface area contributed by atoms with Crippen LogP contribution in [0.5, 0.6) is 11.5 Å². The van der Waals surface area contributed by atoms with E-state index in [0.717, 1.165) is 5.56 Å². The van der Waals surface area contributed by atoms with Crippen molar-refractivity contribution in [3.63, 3.8) is 0 Å². The van der Waals surface area contributed by atoms with Gasteiger partial charge in [0.2, 0.25) is 0 Å². The average Bonchev–Trinajstić information content (AvgIpc) is 2.52. The van der Waals surface area contributed by atoms with Crippen molar-refractivity contribution in [2.24, 2.45) is 5.73 Å². The molecular weight excluding hydrogens is 304 g/mol. The van der Waals surface area contributed by atoms with Gasteiger partial charge in [0.05, 0.1) is 17.6 Å². The number of methoxy groups -OCH3 is 1. The normalized spacial score (nSPS) is 10.0. The highest BCUT2D eigenvalue weighted by Gasteiger charge is 2.13. The summed E-state index contributed by atoms with van der Waals surface area (Å²) in [4.78, 5) is 10.4. The molecule has 7 heteroatoms. The number of benzene rings is 2. The third-order valence-electron chi connectivity index (χ3n) is 2.99. The minimum absolute atomic E-state index is 0.0323. The first-order chi connectivity index (χ1) is 10.5. The van der Waals surface area contributed by atoms with E-state index in [4.69, 9.17) is 27.4 Å². The molecule has 0 bridgehead atoms. The molecule has 22 heavy (non-hydrogen) atoms. The number of nitrogens with two attached hydrogens (primary N) is 1. The van der Waals surface area contributed by atoms with Crippen LogP contribution in [0.2, 0.25) is 0 Å². The predicted molar refractivity (Wildman–Crippen MR) is 86.3 cm³/mol. The summed E-state index contributed by atoms with van der Waals surface area (Å²) in [5.41, 5.74) is 7.08. The van der Waals surface area contributed by atoms with Gasteiger partial charge in [0.1, 0.15) is 11.6 Å². The molecule has 0 aliphatic carbocycles. The van der Waals surface area contributed by atoms with Crippen LogP contribution in [0.1, 0.15) is 11.1 Å². The second-order valence-corrected chi connectivity index (χ2v) is 4.85. The molecule has 0 aliphatic heterocycles. The van der Waals surface area contributed by atoms with Gasteiger partial charge in [-0.05, 0) is 29.8 Å². The number of hydrogen-bond acceptors (Lipinski definition) is 5. The molecule has 6 nitrogen and oxygen atoms in total. The van der Waals surface area contributed by atoms with Gasteiger partial charge < -0.3 is 15.2 Å². The lowest BCUT2D eigenvalue weighted by atomic mass is 10.1. The lowest BCUT2D eigenvalue weighted by molar-refractivity contribution is -0.384. The van der Waals surface area contributed by atoms with Gasteiger partial charge in [-0.1, -0.05) is 18.3 Å². The second kappa shape index (κ2) is 6.86. The summed E-state index contributed by atoms with van der Waals surface area (Å²) in [7, 11) is 1.53. The van der Waals surface area contributed by atoms with E-state index in [2.05, 4.69) is 0 Å². The van der Waals surface area contributed by atoms with Crippen molar-refractivity contribution in [3.05, 3.63) is 63.7 Å². The van der Waals surface area contributed by atoms with Crippen LogP contribution in [0.15, 0.2) is 42.5 Å². The van der Waals surface area contributed by atoms with Gasteiger partial charge in [-0.3, -0.25) is 10.1 Å². The number of para-hydroxylation sites is 1. The Labute approximate surface area is 132 Å². The molecule has 0 saturated carbocycles. The molecule has 2 aromatic carbocycles. The van der Waals surface area contributed by atoms with Crippen molar-refractivity contribution < 1.29 is 14.4 Å². The van der Waals surface area contributed by atoms with Crippen LogP contribution in [-0.4, -0.2) is 17.0 Å². The zero-order valence-corrected chi connectivity index (χ0v) is 12.6. The molecule has 2 N–H and O–H groups in total. The van der Waals surface area contributed by atoms with E-state index in [1.807, 2.05) is 0 Å². The zero-order chi connectivity index (χ0) is 16.1. The van der Waals surface area contributed by atoms with Crippen LogP contribution in [-0.2, 0) is 6.61 Å². The Bertz CT molecular complexity index is 701. The van der Waals surface area contributed by atoms with Crippen LogP contribution in [0.3, 0.4) is 0 Å². The van der Waals surface area contributed by atoms with Gasteiger partial charge in [-0.15, -0.1) is 0 Å². The van der Waals surface area contributed by atoms with Crippen molar-refractivity contribution in [2.45, 2.75) is 6.61 Å². The third kappa shape index (κ3) is 3.50. The molecule has 114 valence electrons. The number of nitro groups is 1. The number of rotatable bonds is 6. The Balaban J connectivity index is 2.20. The summed E-state index contributed by atoms with van der Waals surface area (Å²) >= 11 is 5.00. The Hall–Kier alpha value is -2.67. The molecule has 0 saturated heterocycles. The van der Waals surface area contributed by atoms with E-state index in [0.29, 0.717) is 17.1 Å². The van der Waals surface area contributed by atoms with Crippen molar-refractivity contribution in [2.75, 3.05) is 7.11 Å². The second-order valence-electron chi connectivity index (χ2n) is 4.41. The first-order valence-electron chi connectivity index (χ1n) is 6.36. The maximum atomic E-state index is 10.6. The molecule has 0 unspecified atom stereocenters. The van der Waals surface area contributed by atoms with Crippen molar-refractivity contribution in [1.29, 1.82) is 0 Å². The summed E-state index contributed by atoms with van der Waals surface area (Å²) in [6, 6.07) is 11.4. The van der Waals surface area contributed by atoms with Gasteiger partial charge in [-0.2, -0.15) is 0 Å². The number of ether oxygens (including phenoxy) is 2. The standard InChI is InChI=1S/C15H14N2O4S/c1-20-13-4-2-3-12(15(16)22)14(13)21-9-10-5-7-11(8-6-10)17(18)19/h2-8H,9H2,1H3,(H2,16,22). The van der Waals surface area contributed by atoms with Crippen molar-refractivity contribution in [1.82, 2.24) is 0 Å². The highest BCUT2D eigenvalue weighted by Crippen LogP contribution is 2.31. The highest BCUT2D eigenvalue weighted by atomic mass is 32.1. The Morgan fingerprint density at radius 3 is 2.50 bits per heavy atom. The summed E-state index contributed by atoms with van der Waals surface area (Å²) in [5, 5.41) is 10.6. The number of nitro benzene ring substituents is 1. The average molecular weight is 318 g/mol. The summed E-state index contributed by atoms with van der Waals surface area (Å²) in [6.07, 6.45) is 0.